The first kappa shape index (κ1) is 13.4. The molecule has 2 rings (SSSR count). The van der Waals surface area contributed by atoms with E-state index in [1.807, 2.05) is 31.2 Å². The van der Waals surface area contributed by atoms with Crippen LogP contribution in [0.3, 0.4) is 0 Å². The molecule has 0 saturated carbocycles. The average molecular weight is 283 g/mol. The number of halogens is 3. The van der Waals surface area contributed by atoms with Crippen LogP contribution in [0.2, 0.25) is 5.02 Å². The van der Waals surface area contributed by atoms with Crippen molar-refractivity contribution in [1.29, 1.82) is 0 Å². The van der Waals surface area contributed by atoms with Crippen LogP contribution in [0, 0.1) is 12.7 Å². The van der Waals surface area contributed by atoms with Gasteiger partial charge in [-0.15, -0.1) is 11.6 Å². The van der Waals surface area contributed by atoms with Gasteiger partial charge in [-0.05, 0) is 31.0 Å². The smallest absolute Gasteiger partial charge is 0.127 e. The molecule has 2 aromatic carbocycles. The number of aryl methyl sites for hydroxylation is 1. The maximum Gasteiger partial charge on any atom is 0.127 e. The van der Waals surface area contributed by atoms with Crippen LogP contribution in [0.4, 0.5) is 4.39 Å². The van der Waals surface area contributed by atoms with Gasteiger partial charge < -0.3 is 0 Å². The molecule has 0 aliphatic rings. The molecule has 1 atom stereocenters. The van der Waals surface area contributed by atoms with Gasteiger partial charge in [-0.25, -0.2) is 4.39 Å². The Morgan fingerprint density at radius 2 is 1.89 bits per heavy atom. The highest BCUT2D eigenvalue weighted by Crippen LogP contribution is 2.30. The predicted molar refractivity (Wildman–Crippen MR) is 74.9 cm³/mol. The zero-order valence-electron chi connectivity index (χ0n) is 9.96. The Labute approximate surface area is 116 Å². The van der Waals surface area contributed by atoms with Gasteiger partial charge in [-0.2, -0.15) is 0 Å². The lowest BCUT2D eigenvalue weighted by Gasteiger charge is -2.12. The second-order valence-corrected chi connectivity index (χ2v) is 5.22. The third kappa shape index (κ3) is 3.04. The Morgan fingerprint density at radius 1 is 1.17 bits per heavy atom. The van der Waals surface area contributed by atoms with E-state index in [2.05, 4.69) is 0 Å². The first-order chi connectivity index (χ1) is 8.58. The van der Waals surface area contributed by atoms with E-state index in [1.165, 1.54) is 6.07 Å². The molecule has 18 heavy (non-hydrogen) atoms. The van der Waals surface area contributed by atoms with Crippen LogP contribution in [0.15, 0.2) is 42.5 Å². The third-order valence-electron chi connectivity index (χ3n) is 2.85. The first-order valence-electron chi connectivity index (χ1n) is 5.71. The lowest BCUT2D eigenvalue weighted by Crippen LogP contribution is -2.00. The van der Waals surface area contributed by atoms with Crippen molar-refractivity contribution in [2.45, 2.75) is 18.7 Å². The average Bonchev–Trinajstić information content (AvgIpc) is 2.35. The van der Waals surface area contributed by atoms with E-state index < -0.39 is 5.38 Å². The summed E-state index contributed by atoms with van der Waals surface area (Å²) in [5.41, 5.74) is 2.45. The zero-order valence-corrected chi connectivity index (χ0v) is 11.5. The Balaban J connectivity index is 2.25. The summed E-state index contributed by atoms with van der Waals surface area (Å²) in [6.45, 7) is 1.92. The van der Waals surface area contributed by atoms with Gasteiger partial charge in [0.25, 0.3) is 0 Å². The minimum absolute atomic E-state index is 0.271. The molecule has 94 valence electrons. The third-order valence-corrected chi connectivity index (χ3v) is 3.60. The van der Waals surface area contributed by atoms with E-state index in [4.69, 9.17) is 23.2 Å². The fourth-order valence-electron chi connectivity index (χ4n) is 1.87. The van der Waals surface area contributed by atoms with Crippen molar-refractivity contribution in [3.63, 3.8) is 0 Å². The number of rotatable bonds is 3. The molecular weight excluding hydrogens is 270 g/mol. The fraction of sp³-hybridized carbons (Fsp3) is 0.200. The predicted octanol–water partition coefficient (Wildman–Crippen LogP) is 5.31. The molecule has 0 aromatic heterocycles. The lowest BCUT2D eigenvalue weighted by molar-refractivity contribution is 0.605. The molecule has 0 saturated heterocycles. The molecule has 0 fully saturated rings. The largest absolute Gasteiger partial charge is 0.207 e. The zero-order chi connectivity index (χ0) is 13.1. The highest BCUT2D eigenvalue weighted by Gasteiger charge is 2.15. The summed E-state index contributed by atoms with van der Waals surface area (Å²) in [6.07, 6.45) is 0.515. The summed E-state index contributed by atoms with van der Waals surface area (Å²) in [5.74, 6) is -0.271. The van der Waals surface area contributed by atoms with Gasteiger partial charge in [0.05, 0.1) is 5.38 Å². The SMILES string of the molecule is Cc1ccc(F)c(C(Cl)Cc2ccccc2Cl)c1. The van der Waals surface area contributed by atoms with Crippen LogP contribution >= 0.6 is 23.2 Å². The summed E-state index contributed by atoms with van der Waals surface area (Å²) in [7, 11) is 0. The number of benzene rings is 2. The Kier molecular flexibility index (Phi) is 4.26. The van der Waals surface area contributed by atoms with Crippen molar-refractivity contribution >= 4 is 23.2 Å². The Bertz CT molecular complexity index is 552. The number of hydrogen-bond acceptors (Lipinski definition) is 0. The minimum Gasteiger partial charge on any atom is -0.207 e. The van der Waals surface area contributed by atoms with Gasteiger partial charge in [0.2, 0.25) is 0 Å². The molecule has 3 heteroatoms. The van der Waals surface area contributed by atoms with Crippen molar-refractivity contribution in [3.8, 4) is 0 Å². The van der Waals surface area contributed by atoms with Crippen LogP contribution < -0.4 is 0 Å². The molecule has 0 amide bonds. The van der Waals surface area contributed by atoms with Crippen LogP contribution in [-0.4, -0.2) is 0 Å². The van der Waals surface area contributed by atoms with Crippen LogP contribution in [-0.2, 0) is 6.42 Å². The van der Waals surface area contributed by atoms with Crippen molar-refractivity contribution in [1.82, 2.24) is 0 Å². The molecule has 0 N–H and O–H groups in total. The standard InChI is InChI=1S/C15H13Cl2F/c1-10-6-7-15(18)12(8-10)14(17)9-11-4-2-3-5-13(11)16/h2-8,14H,9H2,1H3. The van der Waals surface area contributed by atoms with E-state index >= 15 is 0 Å². The first-order valence-corrected chi connectivity index (χ1v) is 6.53. The summed E-state index contributed by atoms with van der Waals surface area (Å²) in [6, 6.07) is 12.5. The maximum absolute atomic E-state index is 13.7. The second-order valence-electron chi connectivity index (χ2n) is 4.29. The fourth-order valence-corrected chi connectivity index (χ4v) is 2.42. The highest BCUT2D eigenvalue weighted by molar-refractivity contribution is 6.31. The van der Waals surface area contributed by atoms with Crippen LogP contribution in [0.1, 0.15) is 22.1 Å². The van der Waals surface area contributed by atoms with Gasteiger partial charge in [-0.3, -0.25) is 0 Å². The van der Waals surface area contributed by atoms with Gasteiger partial charge in [0.1, 0.15) is 5.82 Å². The summed E-state index contributed by atoms with van der Waals surface area (Å²) in [4.78, 5) is 0. The molecule has 2 aromatic rings. The molecule has 0 bridgehead atoms. The van der Waals surface area contributed by atoms with Crippen molar-refractivity contribution < 1.29 is 4.39 Å². The summed E-state index contributed by atoms with van der Waals surface area (Å²) < 4.78 is 13.7. The maximum atomic E-state index is 13.7. The molecule has 0 spiro atoms. The van der Waals surface area contributed by atoms with E-state index in [9.17, 15) is 4.39 Å². The van der Waals surface area contributed by atoms with E-state index in [0.717, 1.165) is 11.1 Å². The Morgan fingerprint density at radius 3 is 2.61 bits per heavy atom. The molecule has 0 radical (unpaired) electrons. The highest BCUT2D eigenvalue weighted by atomic mass is 35.5. The lowest BCUT2D eigenvalue weighted by atomic mass is 10.0. The molecular formula is C15H13Cl2F. The van der Waals surface area contributed by atoms with E-state index in [1.54, 1.807) is 12.1 Å². The molecule has 0 aliphatic heterocycles. The van der Waals surface area contributed by atoms with Crippen LogP contribution in [0.5, 0.6) is 0 Å². The van der Waals surface area contributed by atoms with Gasteiger partial charge in [-0.1, -0.05) is 47.5 Å². The van der Waals surface area contributed by atoms with E-state index in [0.29, 0.717) is 17.0 Å². The molecule has 0 aliphatic carbocycles. The topological polar surface area (TPSA) is 0 Å². The summed E-state index contributed by atoms with van der Waals surface area (Å²) >= 11 is 12.4. The van der Waals surface area contributed by atoms with Gasteiger partial charge >= 0.3 is 0 Å². The normalized spacial score (nSPS) is 12.4. The van der Waals surface area contributed by atoms with Crippen molar-refractivity contribution in [3.05, 3.63) is 70.0 Å². The monoisotopic (exact) mass is 282 g/mol. The second kappa shape index (κ2) is 5.73. The van der Waals surface area contributed by atoms with Crippen molar-refractivity contribution in [2.24, 2.45) is 0 Å². The minimum atomic E-state index is -0.412. The van der Waals surface area contributed by atoms with Gasteiger partial charge in [0.15, 0.2) is 0 Å². The molecule has 0 heterocycles. The number of hydrogen-bond donors (Lipinski definition) is 0. The summed E-state index contributed by atoms with van der Waals surface area (Å²) in [5, 5.41) is 0.251. The van der Waals surface area contributed by atoms with E-state index in [-0.39, 0.29) is 5.82 Å². The number of alkyl halides is 1. The quantitative estimate of drug-likeness (QED) is 0.669. The Hall–Kier alpha value is -1.05. The molecule has 1 unspecified atom stereocenters. The van der Waals surface area contributed by atoms with Crippen molar-refractivity contribution in [2.75, 3.05) is 0 Å². The van der Waals surface area contributed by atoms with Gasteiger partial charge in [0, 0.05) is 10.6 Å². The van der Waals surface area contributed by atoms with Crippen LogP contribution in [0.25, 0.3) is 0 Å². The molecule has 0 nitrogen and oxygen atoms in total.